The van der Waals surface area contributed by atoms with Gasteiger partial charge in [-0.2, -0.15) is 0 Å². The third kappa shape index (κ3) is 4.98. The van der Waals surface area contributed by atoms with Crippen molar-refractivity contribution in [2.45, 2.75) is 0 Å². The summed E-state index contributed by atoms with van der Waals surface area (Å²) in [5, 5.41) is 0. The number of carbonyl (C=O) groups excluding carboxylic acids is 1. The molecule has 0 atom stereocenters. The van der Waals surface area contributed by atoms with Crippen molar-refractivity contribution in [3.05, 3.63) is 77.6 Å². The lowest BCUT2D eigenvalue weighted by Crippen LogP contribution is -2.03. The van der Waals surface area contributed by atoms with Crippen molar-refractivity contribution < 1.29 is 13.9 Å². The molecule has 0 bridgehead atoms. The summed E-state index contributed by atoms with van der Waals surface area (Å²) in [4.78, 5) is 12.2. The van der Waals surface area contributed by atoms with Crippen LogP contribution in [0.1, 0.15) is 15.9 Å². The number of hydrogen-bond donors (Lipinski definition) is 1. The lowest BCUT2D eigenvalue weighted by Gasteiger charge is -2.06. The molecule has 0 aromatic heterocycles. The normalized spacial score (nSPS) is 10.7. The van der Waals surface area contributed by atoms with Crippen LogP contribution >= 0.6 is 12.4 Å². The summed E-state index contributed by atoms with van der Waals surface area (Å²) < 4.78 is 18.4. The van der Waals surface area contributed by atoms with E-state index in [1.54, 1.807) is 36.4 Å². The second-order valence-electron chi connectivity index (χ2n) is 4.39. The Morgan fingerprint density at radius 1 is 1.05 bits per heavy atom. The van der Waals surface area contributed by atoms with E-state index < -0.39 is 5.83 Å². The van der Waals surface area contributed by atoms with Crippen LogP contribution < -0.4 is 10.5 Å². The fraction of sp³-hybridized carbons (Fsp3) is 0.118. The Kier molecular flexibility index (Phi) is 7.29. The van der Waals surface area contributed by atoms with Gasteiger partial charge in [0.1, 0.15) is 18.2 Å². The van der Waals surface area contributed by atoms with Crippen molar-refractivity contribution in [1.82, 2.24) is 0 Å². The van der Waals surface area contributed by atoms with E-state index in [0.29, 0.717) is 16.9 Å². The molecule has 0 saturated carbocycles. The molecule has 0 aliphatic rings. The first-order chi connectivity index (χ1) is 10.2. The summed E-state index contributed by atoms with van der Waals surface area (Å²) in [5.74, 6) is 0.0264. The van der Waals surface area contributed by atoms with E-state index in [9.17, 15) is 9.18 Å². The molecule has 0 saturated heterocycles. The molecule has 5 heteroatoms. The third-order valence-corrected chi connectivity index (χ3v) is 2.87. The molecule has 2 aromatic rings. The predicted octanol–water partition coefficient (Wildman–Crippen LogP) is 3.53. The average molecular weight is 322 g/mol. The van der Waals surface area contributed by atoms with E-state index >= 15 is 0 Å². The van der Waals surface area contributed by atoms with Gasteiger partial charge in [-0.1, -0.05) is 30.3 Å². The summed E-state index contributed by atoms with van der Waals surface area (Å²) in [6.07, 6.45) is 1.26. The van der Waals surface area contributed by atoms with E-state index in [1.807, 2.05) is 18.2 Å². The minimum absolute atomic E-state index is 0. The lowest BCUT2D eigenvalue weighted by atomic mass is 10.0. The van der Waals surface area contributed by atoms with Gasteiger partial charge in [-0.15, -0.1) is 12.4 Å². The van der Waals surface area contributed by atoms with E-state index in [2.05, 4.69) is 0 Å². The van der Waals surface area contributed by atoms with Crippen LogP contribution in [0.5, 0.6) is 5.75 Å². The molecule has 116 valence electrons. The number of ketones is 1. The van der Waals surface area contributed by atoms with Crippen LogP contribution in [0.3, 0.4) is 0 Å². The minimum atomic E-state index is -0.415. The predicted molar refractivity (Wildman–Crippen MR) is 87.3 cm³/mol. The highest BCUT2D eigenvalue weighted by molar-refractivity contribution is 6.08. The van der Waals surface area contributed by atoms with Crippen LogP contribution in [0.4, 0.5) is 4.39 Å². The second kappa shape index (κ2) is 8.97. The number of nitrogens with two attached hydrogens (primary N) is 1. The molecule has 0 unspecified atom stereocenters. The number of ether oxygens (including phenoxy) is 1. The summed E-state index contributed by atoms with van der Waals surface area (Å²) in [7, 11) is 0. The molecule has 0 fully saturated rings. The smallest absolute Gasteiger partial charge is 0.193 e. The van der Waals surface area contributed by atoms with Crippen LogP contribution in [0, 0.1) is 0 Å². The molecule has 0 heterocycles. The Morgan fingerprint density at radius 2 is 1.64 bits per heavy atom. The maximum atomic E-state index is 13.1. The fourth-order valence-corrected chi connectivity index (χ4v) is 1.80. The van der Waals surface area contributed by atoms with Gasteiger partial charge in [0.15, 0.2) is 5.78 Å². The number of rotatable bonds is 6. The quantitative estimate of drug-likeness (QED) is 0.828. The highest BCUT2D eigenvalue weighted by Gasteiger charge is 2.08. The van der Waals surface area contributed by atoms with Crippen LogP contribution in [-0.2, 0) is 0 Å². The lowest BCUT2D eigenvalue weighted by molar-refractivity contribution is 0.103. The van der Waals surface area contributed by atoms with Gasteiger partial charge in [-0.25, -0.2) is 4.39 Å². The van der Waals surface area contributed by atoms with Crippen molar-refractivity contribution >= 4 is 18.2 Å². The van der Waals surface area contributed by atoms with Crippen molar-refractivity contribution in [3.8, 4) is 5.75 Å². The van der Waals surface area contributed by atoms with E-state index in [1.165, 1.54) is 6.08 Å². The monoisotopic (exact) mass is 321 g/mol. The molecular formula is C17H17ClFNO2. The van der Waals surface area contributed by atoms with Crippen LogP contribution in [0.2, 0.25) is 0 Å². The first-order valence-electron chi connectivity index (χ1n) is 6.58. The largest absolute Gasteiger partial charge is 0.487 e. The summed E-state index contributed by atoms with van der Waals surface area (Å²) in [6.45, 7) is -0.0249. The van der Waals surface area contributed by atoms with Crippen LogP contribution in [0.15, 0.2) is 66.5 Å². The van der Waals surface area contributed by atoms with E-state index in [4.69, 9.17) is 10.5 Å². The molecule has 2 N–H and O–H groups in total. The maximum absolute atomic E-state index is 13.1. The minimum Gasteiger partial charge on any atom is -0.487 e. The van der Waals surface area contributed by atoms with Crippen molar-refractivity contribution in [3.63, 3.8) is 0 Å². The number of carbonyl (C=O) groups is 1. The average Bonchev–Trinajstić information content (AvgIpc) is 2.54. The number of hydrogen-bond acceptors (Lipinski definition) is 3. The standard InChI is InChI=1S/C17H16FNO2.ClH/c18-15(10-11-19)12-21-16-8-6-14(7-9-16)17(20)13-4-2-1-3-5-13;/h1-10H,11-12,19H2;1H/b15-10-;. The molecular weight excluding hydrogens is 305 g/mol. The van der Waals surface area contributed by atoms with Gasteiger partial charge in [0, 0.05) is 17.7 Å². The molecule has 0 amide bonds. The van der Waals surface area contributed by atoms with Crippen molar-refractivity contribution in [2.75, 3.05) is 13.2 Å². The second-order valence-corrected chi connectivity index (χ2v) is 4.39. The zero-order valence-electron chi connectivity index (χ0n) is 11.9. The highest BCUT2D eigenvalue weighted by atomic mass is 35.5. The Labute approximate surface area is 135 Å². The number of halogens is 2. The molecule has 0 spiro atoms. The van der Waals surface area contributed by atoms with E-state index in [-0.39, 0.29) is 31.3 Å². The summed E-state index contributed by atoms with van der Waals surface area (Å²) in [6, 6.07) is 15.6. The Hall–Kier alpha value is -2.17. The molecule has 2 rings (SSSR count). The van der Waals surface area contributed by atoms with Crippen molar-refractivity contribution in [1.29, 1.82) is 0 Å². The van der Waals surface area contributed by atoms with Gasteiger partial charge in [-0.05, 0) is 30.3 Å². The van der Waals surface area contributed by atoms with Crippen LogP contribution in [0.25, 0.3) is 0 Å². The Balaban J connectivity index is 0.00000242. The summed E-state index contributed by atoms with van der Waals surface area (Å²) >= 11 is 0. The molecule has 0 radical (unpaired) electrons. The van der Waals surface area contributed by atoms with Gasteiger partial charge in [-0.3, -0.25) is 4.79 Å². The molecule has 0 aliphatic carbocycles. The molecule has 2 aromatic carbocycles. The van der Waals surface area contributed by atoms with E-state index in [0.717, 1.165) is 0 Å². The van der Waals surface area contributed by atoms with Crippen molar-refractivity contribution in [2.24, 2.45) is 5.73 Å². The Morgan fingerprint density at radius 3 is 2.23 bits per heavy atom. The zero-order valence-corrected chi connectivity index (χ0v) is 12.7. The van der Waals surface area contributed by atoms with Gasteiger partial charge in [0.25, 0.3) is 0 Å². The van der Waals surface area contributed by atoms with Gasteiger partial charge >= 0.3 is 0 Å². The topological polar surface area (TPSA) is 52.3 Å². The first-order valence-corrected chi connectivity index (χ1v) is 6.58. The number of benzene rings is 2. The fourth-order valence-electron chi connectivity index (χ4n) is 1.80. The maximum Gasteiger partial charge on any atom is 0.193 e. The summed E-state index contributed by atoms with van der Waals surface area (Å²) in [5.41, 5.74) is 6.39. The molecule has 0 aliphatic heterocycles. The third-order valence-electron chi connectivity index (χ3n) is 2.87. The van der Waals surface area contributed by atoms with Gasteiger partial charge < -0.3 is 10.5 Å². The first kappa shape index (κ1) is 17.9. The molecule has 3 nitrogen and oxygen atoms in total. The van der Waals surface area contributed by atoms with Gasteiger partial charge in [0.2, 0.25) is 0 Å². The zero-order chi connectivity index (χ0) is 15.1. The van der Waals surface area contributed by atoms with Gasteiger partial charge in [0.05, 0.1) is 0 Å². The highest BCUT2D eigenvalue weighted by Crippen LogP contribution is 2.16. The van der Waals surface area contributed by atoms with Crippen LogP contribution in [-0.4, -0.2) is 18.9 Å². The SMILES string of the molecule is Cl.NC/C=C(\F)COc1ccc(C(=O)c2ccccc2)cc1. The Bertz CT molecular complexity index is 627. The molecule has 22 heavy (non-hydrogen) atoms.